The number of nitrogens with two attached hydrogens (primary N) is 1. The molecule has 178 valence electrons. The first-order chi connectivity index (χ1) is 15.0. The van der Waals surface area contributed by atoms with E-state index in [2.05, 4.69) is 29.4 Å². The lowest BCUT2D eigenvalue weighted by atomic mass is 10.0. The molecule has 3 aliphatic rings. The molecule has 4 N–H and O–H groups in total. The summed E-state index contributed by atoms with van der Waals surface area (Å²) in [7, 11) is 0. The lowest BCUT2D eigenvalue weighted by Gasteiger charge is -2.32. The third-order valence-corrected chi connectivity index (χ3v) is 6.50. The zero-order valence-electron chi connectivity index (χ0n) is 19.6. The van der Waals surface area contributed by atoms with Gasteiger partial charge in [-0.2, -0.15) is 0 Å². The minimum Gasteiger partial charge on any atom is -0.444 e. The Bertz CT molecular complexity index is 787. The molecule has 4 atom stereocenters. The first-order valence-electron chi connectivity index (χ1n) is 11.8. The van der Waals surface area contributed by atoms with Gasteiger partial charge >= 0.3 is 6.09 Å². The van der Waals surface area contributed by atoms with Crippen molar-refractivity contribution in [3.05, 3.63) is 24.4 Å². The van der Waals surface area contributed by atoms with Crippen molar-refractivity contribution >= 4 is 17.9 Å². The molecule has 3 rings (SSSR count). The van der Waals surface area contributed by atoms with Gasteiger partial charge in [0.1, 0.15) is 17.2 Å². The molecule has 8 nitrogen and oxygen atoms in total. The molecule has 8 heteroatoms. The van der Waals surface area contributed by atoms with Crippen molar-refractivity contribution in [1.29, 1.82) is 0 Å². The third kappa shape index (κ3) is 5.64. The number of allylic oxidation sites excluding steroid dienone is 1. The Morgan fingerprint density at radius 3 is 2.69 bits per heavy atom. The highest BCUT2D eigenvalue weighted by molar-refractivity contribution is 5.90. The van der Waals surface area contributed by atoms with E-state index < -0.39 is 29.2 Å². The SMILES string of the molecule is C=C1N[C@]2(C(N)=O)C[C@H]2/C=C\CCCCC[C@H](NC(=O)OC(C)(C)C)C(=O)N2CCC[C@@H]12. The number of carbonyl (C=O) groups is 3. The van der Waals surface area contributed by atoms with E-state index in [1.54, 1.807) is 25.7 Å². The fourth-order valence-corrected chi connectivity index (χ4v) is 4.73. The van der Waals surface area contributed by atoms with Crippen molar-refractivity contribution < 1.29 is 19.1 Å². The molecular weight excluding hydrogens is 408 g/mol. The number of rotatable bonds is 2. The molecule has 2 aliphatic heterocycles. The largest absolute Gasteiger partial charge is 0.444 e. The maximum Gasteiger partial charge on any atom is 0.408 e. The number of hydrogen-bond donors (Lipinski definition) is 3. The second-order valence-corrected chi connectivity index (χ2v) is 10.3. The summed E-state index contributed by atoms with van der Waals surface area (Å²) in [6, 6.07) is -0.894. The van der Waals surface area contributed by atoms with Crippen molar-refractivity contribution in [1.82, 2.24) is 15.5 Å². The van der Waals surface area contributed by atoms with E-state index in [1.165, 1.54) is 0 Å². The van der Waals surface area contributed by atoms with E-state index in [0.29, 0.717) is 25.1 Å². The Labute approximate surface area is 191 Å². The van der Waals surface area contributed by atoms with Gasteiger partial charge in [0.2, 0.25) is 11.8 Å². The Morgan fingerprint density at radius 1 is 1.25 bits per heavy atom. The molecule has 0 aromatic heterocycles. The van der Waals surface area contributed by atoms with Gasteiger partial charge in [0.25, 0.3) is 0 Å². The van der Waals surface area contributed by atoms with Crippen molar-refractivity contribution in [3.63, 3.8) is 0 Å². The van der Waals surface area contributed by atoms with Crippen LogP contribution in [0.5, 0.6) is 0 Å². The number of alkyl carbamates (subject to hydrolysis) is 1. The molecule has 0 radical (unpaired) electrons. The van der Waals surface area contributed by atoms with Gasteiger partial charge in [0, 0.05) is 18.2 Å². The fourth-order valence-electron chi connectivity index (χ4n) is 4.73. The molecule has 3 amide bonds. The smallest absolute Gasteiger partial charge is 0.408 e. The molecule has 2 heterocycles. The number of carbonyl (C=O) groups excluding carboxylic acids is 3. The summed E-state index contributed by atoms with van der Waals surface area (Å²) in [6.45, 7) is 10.1. The lowest BCUT2D eigenvalue weighted by molar-refractivity contribution is -0.134. The first kappa shape index (κ1) is 24.1. The maximum atomic E-state index is 13.5. The predicted molar refractivity (Wildman–Crippen MR) is 122 cm³/mol. The van der Waals surface area contributed by atoms with Gasteiger partial charge in [-0.3, -0.25) is 9.59 Å². The van der Waals surface area contributed by atoms with Gasteiger partial charge < -0.3 is 26.0 Å². The molecule has 32 heavy (non-hydrogen) atoms. The molecule has 0 aromatic carbocycles. The highest BCUT2D eigenvalue weighted by Crippen LogP contribution is 2.46. The van der Waals surface area contributed by atoms with Crippen LogP contribution in [0.15, 0.2) is 24.4 Å². The maximum absolute atomic E-state index is 13.5. The van der Waals surface area contributed by atoms with Crippen LogP contribution in [0, 0.1) is 5.92 Å². The number of hydrogen-bond acceptors (Lipinski definition) is 5. The lowest BCUT2D eigenvalue weighted by Crippen LogP contribution is -2.53. The summed E-state index contributed by atoms with van der Waals surface area (Å²) in [4.78, 5) is 39.9. The topological polar surface area (TPSA) is 114 Å². The number of ether oxygens (including phenoxy) is 1. The van der Waals surface area contributed by atoms with Gasteiger partial charge in [-0.15, -0.1) is 0 Å². The Balaban J connectivity index is 1.79. The number of nitrogens with one attached hydrogen (secondary N) is 2. The molecule has 0 bridgehead atoms. The molecular formula is C24H38N4O4. The zero-order chi connectivity index (χ0) is 23.5. The van der Waals surface area contributed by atoms with Crippen molar-refractivity contribution in [2.75, 3.05) is 6.54 Å². The molecule has 0 aromatic rings. The highest BCUT2D eigenvalue weighted by Gasteiger charge is 2.58. The van der Waals surface area contributed by atoms with Crippen molar-refractivity contribution in [2.24, 2.45) is 11.7 Å². The van der Waals surface area contributed by atoms with Crippen LogP contribution >= 0.6 is 0 Å². The van der Waals surface area contributed by atoms with Crippen molar-refractivity contribution in [2.45, 2.75) is 95.4 Å². The normalized spacial score (nSPS) is 32.5. The zero-order valence-corrected chi connectivity index (χ0v) is 19.6. The molecule has 1 aliphatic carbocycles. The summed E-state index contributed by atoms with van der Waals surface area (Å²) < 4.78 is 5.39. The van der Waals surface area contributed by atoms with Crippen LogP contribution in [0.3, 0.4) is 0 Å². The minimum atomic E-state index is -0.820. The summed E-state index contributed by atoms with van der Waals surface area (Å²) in [5, 5.41) is 6.09. The van der Waals surface area contributed by atoms with Crippen LogP contribution in [-0.2, 0) is 14.3 Å². The van der Waals surface area contributed by atoms with Gasteiger partial charge in [0.15, 0.2) is 0 Å². The molecule has 0 unspecified atom stereocenters. The van der Waals surface area contributed by atoms with Crippen LogP contribution in [0.25, 0.3) is 0 Å². The predicted octanol–water partition coefficient (Wildman–Crippen LogP) is 2.74. The fraction of sp³-hybridized carbons (Fsp3) is 0.708. The van der Waals surface area contributed by atoms with Gasteiger partial charge in [0.05, 0.1) is 6.04 Å². The summed E-state index contributed by atoms with van der Waals surface area (Å²) in [5.41, 5.74) is 4.91. The van der Waals surface area contributed by atoms with E-state index in [9.17, 15) is 14.4 Å². The first-order valence-corrected chi connectivity index (χ1v) is 11.8. The van der Waals surface area contributed by atoms with Crippen LogP contribution in [0.2, 0.25) is 0 Å². The average Bonchev–Trinajstić information content (AvgIpc) is 3.16. The van der Waals surface area contributed by atoms with E-state index in [0.717, 1.165) is 38.5 Å². The van der Waals surface area contributed by atoms with Crippen LogP contribution in [0.4, 0.5) is 4.79 Å². The summed E-state index contributed by atoms with van der Waals surface area (Å²) in [5.74, 6) is -0.471. The Kier molecular flexibility index (Phi) is 7.20. The molecule has 0 spiro atoms. The average molecular weight is 447 g/mol. The van der Waals surface area contributed by atoms with E-state index in [-0.39, 0.29) is 17.9 Å². The summed E-state index contributed by atoms with van der Waals surface area (Å²) >= 11 is 0. The molecule has 1 saturated carbocycles. The third-order valence-electron chi connectivity index (χ3n) is 6.50. The quantitative estimate of drug-likeness (QED) is 0.565. The summed E-state index contributed by atoms with van der Waals surface area (Å²) in [6.07, 6.45) is 10.0. The van der Waals surface area contributed by atoms with E-state index in [4.69, 9.17) is 10.5 Å². The standard InChI is InChI=1S/C24H38N4O4/c1-16-19-13-10-14-28(19)20(29)18(26-22(31)32-23(2,3)4)12-9-7-5-6-8-11-17-15-24(17,27-16)21(25)30/h8,11,17-19,27H,1,5-7,9-10,12-15H2,2-4H3,(H2,25,30)(H,26,31)/b11-8-/t17-,18+,19+,24-/m1/s1. The monoisotopic (exact) mass is 446 g/mol. The van der Waals surface area contributed by atoms with Gasteiger partial charge in [-0.25, -0.2) is 4.79 Å². The van der Waals surface area contributed by atoms with E-state index >= 15 is 0 Å². The van der Waals surface area contributed by atoms with Crippen LogP contribution in [0.1, 0.15) is 72.1 Å². The van der Waals surface area contributed by atoms with E-state index in [1.807, 2.05) is 0 Å². The highest BCUT2D eigenvalue weighted by atomic mass is 16.6. The number of primary amides is 1. The molecule has 1 saturated heterocycles. The Hall–Kier alpha value is -2.51. The van der Waals surface area contributed by atoms with Crippen molar-refractivity contribution in [3.8, 4) is 0 Å². The van der Waals surface area contributed by atoms with Crippen LogP contribution < -0.4 is 16.4 Å². The van der Waals surface area contributed by atoms with Gasteiger partial charge in [-0.05, 0) is 59.3 Å². The Morgan fingerprint density at radius 2 is 2.00 bits per heavy atom. The minimum absolute atomic E-state index is 0.0500. The van der Waals surface area contributed by atoms with Crippen LogP contribution in [-0.4, -0.2) is 52.6 Å². The number of nitrogens with zero attached hydrogens (tertiary/aromatic N) is 1. The number of amides is 3. The second kappa shape index (κ2) is 9.55. The molecule has 2 fully saturated rings. The number of fused-ring (bicyclic) bond motifs is 2. The van der Waals surface area contributed by atoms with Gasteiger partial charge in [-0.1, -0.05) is 31.6 Å². The second-order valence-electron chi connectivity index (χ2n) is 10.3.